The quantitative estimate of drug-likeness (QED) is 0.373. The Bertz CT molecular complexity index is 1710. The minimum absolute atomic E-state index is 0.00324. The van der Waals surface area contributed by atoms with Gasteiger partial charge < -0.3 is 15.4 Å². The number of benzene rings is 2. The first-order valence-corrected chi connectivity index (χ1v) is 13.9. The zero-order chi connectivity index (χ0) is 27.7. The van der Waals surface area contributed by atoms with E-state index in [1.54, 1.807) is 53.4 Å². The van der Waals surface area contributed by atoms with E-state index in [1.165, 1.54) is 30.9 Å². The Labute approximate surface area is 225 Å². The van der Waals surface area contributed by atoms with Crippen molar-refractivity contribution in [1.82, 2.24) is 19.4 Å². The van der Waals surface area contributed by atoms with Crippen molar-refractivity contribution in [2.24, 2.45) is 0 Å². The molecule has 5 rings (SSSR count). The summed E-state index contributed by atoms with van der Waals surface area (Å²) < 4.78 is 35.7. The number of carbonyl (C=O) groups excluding carboxylic acids is 1. The van der Waals surface area contributed by atoms with Crippen molar-refractivity contribution in [3.05, 3.63) is 71.1 Å². The monoisotopic (exact) mass is 548 g/mol. The van der Waals surface area contributed by atoms with Gasteiger partial charge in [-0.15, -0.1) is 0 Å². The number of carbonyl (C=O) groups is 1. The van der Waals surface area contributed by atoms with E-state index in [0.717, 1.165) is 0 Å². The number of methoxy groups -OCH3 is 1. The summed E-state index contributed by atoms with van der Waals surface area (Å²) in [6.45, 7) is 2.61. The number of fused-ring (bicyclic) bond motifs is 1. The standard InChI is InChI=1S/C27H28N6O5S/c1-17(34)32-12-10-21(11-13-32)33-26(35)22-14-18(8-9-23(22)30-27(33)28)19-15-24(25(38-2)29-16-19)39(36,37)31-20-6-4-3-5-7-20/h3-9,14-16,21,31H,10-13H2,1-2H3,(H2,28,30). The van der Waals surface area contributed by atoms with E-state index < -0.39 is 10.0 Å². The van der Waals surface area contributed by atoms with Crippen LogP contribution < -0.4 is 20.8 Å². The lowest BCUT2D eigenvalue weighted by molar-refractivity contribution is -0.130. The second-order valence-corrected chi connectivity index (χ2v) is 11.0. The van der Waals surface area contributed by atoms with E-state index in [-0.39, 0.29) is 34.2 Å². The van der Waals surface area contributed by atoms with Gasteiger partial charge >= 0.3 is 0 Å². The summed E-state index contributed by atoms with van der Waals surface area (Å²) in [4.78, 5) is 35.6. The van der Waals surface area contributed by atoms with Crippen LogP contribution >= 0.6 is 0 Å². The molecule has 39 heavy (non-hydrogen) atoms. The number of anilines is 2. The summed E-state index contributed by atoms with van der Waals surface area (Å²) >= 11 is 0. The van der Waals surface area contributed by atoms with E-state index in [2.05, 4.69) is 14.7 Å². The summed E-state index contributed by atoms with van der Waals surface area (Å²) in [6.07, 6.45) is 2.67. The van der Waals surface area contributed by atoms with Crippen molar-refractivity contribution in [1.29, 1.82) is 0 Å². The zero-order valence-corrected chi connectivity index (χ0v) is 22.3. The molecule has 3 N–H and O–H groups in total. The van der Waals surface area contributed by atoms with Crippen LogP contribution in [0.4, 0.5) is 11.6 Å². The maximum Gasteiger partial charge on any atom is 0.267 e. The van der Waals surface area contributed by atoms with Crippen molar-refractivity contribution < 1.29 is 17.9 Å². The molecule has 0 unspecified atom stereocenters. The molecular formula is C27H28N6O5S. The van der Waals surface area contributed by atoms with E-state index in [0.29, 0.717) is 53.6 Å². The molecule has 1 saturated heterocycles. The number of likely N-dealkylation sites (tertiary alicyclic amines) is 1. The number of hydrogen-bond donors (Lipinski definition) is 2. The molecule has 1 fully saturated rings. The Morgan fingerprint density at radius 3 is 2.46 bits per heavy atom. The topological polar surface area (TPSA) is 150 Å². The number of sulfonamides is 1. The zero-order valence-electron chi connectivity index (χ0n) is 21.5. The number of nitrogens with two attached hydrogens (primary N) is 1. The normalized spacial score (nSPS) is 14.4. The highest BCUT2D eigenvalue weighted by Crippen LogP contribution is 2.31. The van der Waals surface area contributed by atoms with Gasteiger partial charge in [0.25, 0.3) is 15.6 Å². The number of nitrogens with one attached hydrogen (secondary N) is 1. The van der Waals surface area contributed by atoms with Crippen molar-refractivity contribution in [3.63, 3.8) is 0 Å². The largest absolute Gasteiger partial charge is 0.480 e. The second kappa shape index (κ2) is 10.4. The molecule has 0 saturated carbocycles. The number of piperidine rings is 1. The number of pyridine rings is 1. The van der Waals surface area contributed by atoms with E-state index in [9.17, 15) is 18.0 Å². The van der Waals surface area contributed by atoms with Crippen LogP contribution in [0.2, 0.25) is 0 Å². The minimum atomic E-state index is -4.03. The number of aromatic nitrogens is 3. The van der Waals surface area contributed by atoms with Gasteiger partial charge in [0.1, 0.15) is 4.90 Å². The van der Waals surface area contributed by atoms with Crippen LogP contribution in [0.1, 0.15) is 25.8 Å². The molecule has 1 amide bonds. The van der Waals surface area contributed by atoms with Gasteiger partial charge in [-0.3, -0.25) is 18.9 Å². The number of amides is 1. The van der Waals surface area contributed by atoms with Crippen molar-refractivity contribution in [2.75, 3.05) is 30.7 Å². The fourth-order valence-corrected chi connectivity index (χ4v) is 6.04. The number of nitrogen functional groups attached to an aromatic ring is 1. The van der Waals surface area contributed by atoms with Crippen LogP contribution in [-0.2, 0) is 14.8 Å². The molecule has 2 aromatic carbocycles. The summed E-state index contributed by atoms with van der Waals surface area (Å²) in [6, 6.07) is 14.8. The molecule has 12 heteroatoms. The molecule has 0 atom stereocenters. The molecule has 0 bridgehead atoms. The fourth-order valence-electron chi connectivity index (χ4n) is 4.84. The summed E-state index contributed by atoms with van der Waals surface area (Å²) in [5.74, 6) is 0.0631. The molecule has 0 radical (unpaired) electrons. The minimum Gasteiger partial charge on any atom is -0.480 e. The van der Waals surface area contributed by atoms with Crippen LogP contribution in [0, 0.1) is 0 Å². The summed E-state index contributed by atoms with van der Waals surface area (Å²) in [5, 5.41) is 0.346. The van der Waals surface area contributed by atoms with Gasteiger partial charge in [0, 0.05) is 43.5 Å². The van der Waals surface area contributed by atoms with Crippen molar-refractivity contribution in [2.45, 2.75) is 30.7 Å². The van der Waals surface area contributed by atoms with Gasteiger partial charge in [-0.1, -0.05) is 24.3 Å². The predicted octanol–water partition coefficient (Wildman–Crippen LogP) is 3.03. The number of hydrogen-bond acceptors (Lipinski definition) is 8. The molecule has 11 nitrogen and oxygen atoms in total. The Hall–Kier alpha value is -4.45. The highest BCUT2D eigenvalue weighted by molar-refractivity contribution is 7.92. The number of rotatable bonds is 6. The third kappa shape index (κ3) is 5.15. The Morgan fingerprint density at radius 2 is 1.79 bits per heavy atom. The molecule has 1 aliphatic heterocycles. The third-order valence-corrected chi connectivity index (χ3v) is 8.24. The SMILES string of the molecule is COc1ncc(-c2ccc3nc(N)n(C4CCN(C(C)=O)CC4)c(=O)c3c2)cc1S(=O)(=O)Nc1ccccc1. The molecule has 2 aromatic heterocycles. The highest BCUT2D eigenvalue weighted by Gasteiger charge is 2.26. The molecule has 1 aliphatic rings. The summed E-state index contributed by atoms with van der Waals surface area (Å²) in [5.41, 5.74) is 7.79. The molecule has 3 heterocycles. The van der Waals surface area contributed by atoms with E-state index in [1.807, 2.05) is 0 Å². The van der Waals surface area contributed by atoms with Crippen LogP contribution in [0.25, 0.3) is 22.0 Å². The van der Waals surface area contributed by atoms with Gasteiger partial charge in [-0.2, -0.15) is 0 Å². The first kappa shape index (κ1) is 26.2. The van der Waals surface area contributed by atoms with Crippen LogP contribution in [0.5, 0.6) is 5.88 Å². The highest BCUT2D eigenvalue weighted by atomic mass is 32.2. The van der Waals surface area contributed by atoms with Gasteiger partial charge in [0.05, 0.1) is 18.0 Å². The van der Waals surface area contributed by atoms with E-state index in [4.69, 9.17) is 10.5 Å². The lowest BCUT2D eigenvalue weighted by atomic mass is 10.0. The second-order valence-electron chi connectivity index (χ2n) is 9.32. The van der Waals surface area contributed by atoms with Crippen LogP contribution in [0.3, 0.4) is 0 Å². The molecule has 202 valence electrons. The maximum atomic E-state index is 13.6. The summed E-state index contributed by atoms with van der Waals surface area (Å²) in [7, 11) is -2.69. The Balaban J connectivity index is 1.54. The first-order valence-electron chi connectivity index (χ1n) is 12.4. The number of nitrogens with zero attached hydrogens (tertiary/aromatic N) is 4. The average Bonchev–Trinajstić information content (AvgIpc) is 2.93. The lowest BCUT2D eigenvalue weighted by Crippen LogP contribution is -2.40. The average molecular weight is 549 g/mol. The van der Waals surface area contributed by atoms with Crippen LogP contribution in [0.15, 0.2) is 70.5 Å². The number of ether oxygens (including phenoxy) is 1. The molecule has 0 aliphatic carbocycles. The first-order chi connectivity index (χ1) is 18.7. The van der Waals surface area contributed by atoms with Crippen LogP contribution in [-0.4, -0.2) is 54.0 Å². The molecular weight excluding hydrogens is 520 g/mol. The number of para-hydroxylation sites is 1. The van der Waals surface area contributed by atoms with Gasteiger partial charge in [-0.05, 0) is 48.7 Å². The Kier molecular flexibility index (Phi) is 6.96. The Morgan fingerprint density at radius 1 is 1.08 bits per heavy atom. The van der Waals surface area contributed by atoms with Gasteiger partial charge in [-0.25, -0.2) is 18.4 Å². The lowest BCUT2D eigenvalue weighted by Gasteiger charge is -2.32. The predicted molar refractivity (Wildman–Crippen MR) is 148 cm³/mol. The smallest absolute Gasteiger partial charge is 0.267 e. The molecule has 4 aromatic rings. The van der Waals surface area contributed by atoms with E-state index >= 15 is 0 Å². The van der Waals surface area contributed by atoms with Crippen molar-refractivity contribution in [3.8, 4) is 17.0 Å². The van der Waals surface area contributed by atoms with Crippen molar-refractivity contribution >= 4 is 38.5 Å². The third-order valence-electron chi connectivity index (χ3n) is 6.86. The van der Waals surface area contributed by atoms with Gasteiger partial charge in [0.2, 0.25) is 17.7 Å². The molecule has 0 spiro atoms. The van der Waals surface area contributed by atoms with Gasteiger partial charge in [0.15, 0.2) is 0 Å². The maximum absolute atomic E-state index is 13.6. The fraction of sp³-hybridized carbons (Fsp3) is 0.259.